The van der Waals surface area contributed by atoms with E-state index in [0.29, 0.717) is 16.3 Å². The summed E-state index contributed by atoms with van der Waals surface area (Å²) < 4.78 is 6.03. The van der Waals surface area contributed by atoms with Gasteiger partial charge in [-0.2, -0.15) is 0 Å². The highest BCUT2D eigenvalue weighted by Gasteiger charge is 2.24. The van der Waals surface area contributed by atoms with Gasteiger partial charge in [-0.1, -0.05) is 6.07 Å². The van der Waals surface area contributed by atoms with Crippen molar-refractivity contribution in [1.82, 2.24) is 4.98 Å². The van der Waals surface area contributed by atoms with Gasteiger partial charge in [0.25, 0.3) is 0 Å². The SMILES string of the molecule is O=C(I)C1CCC(CCOCc2cccnc2)CC1. The molecule has 1 aromatic heterocycles. The zero-order chi connectivity index (χ0) is 13.5. The van der Waals surface area contributed by atoms with Crippen LogP contribution in [-0.2, 0) is 16.1 Å². The first kappa shape index (κ1) is 14.9. The van der Waals surface area contributed by atoms with Crippen LogP contribution in [0.3, 0.4) is 0 Å². The highest BCUT2D eigenvalue weighted by atomic mass is 127. The number of aromatic nitrogens is 1. The second-order valence-corrected chi connectivity index (χ2v) is 6.29. The van der Waals surface area contributed by atoms with Gasteiger partial charge in [0, 0.05) is 24.9 Å². The monoisotopic (exact) mass is 373 g/mol. The zero-order valence-corrected chi connectivity index (χ0v) is 13.2. The smallest absolute Gasteiger partial charge is 0.195 e. The lowest BCUT2D eigenvalue weighted by Gasteiger charge is -2.26. The Hall–Kier alpha value is -0.490. The van der Waals surface area contributed by atoms with Gasteiger partial charge in [-0.05, 0) is 72.2 Å². The number of halogens is 1. The molecule has 3 nitrogen and oxygen atoms in total. The van der Waals surface area contributed by atoms with Gasteiger partial charge in [-0.15, -0.1) is 0 Å². The fourth-order valence-corrected chi connectivity index (χ4v) is 3.22. The molecule has 0 aliphatic heterocycles. The minimum atomic E-state index is 0.313. The van der Waals surface area contributed by atoms with Crippen LogP contribution in [-0.4, -0.2) is 15.4 Å². The number of rotatable bonds is 6. The Morgan fingerprint density at radius 1 is 1.37 bits per heavy atom. The molecule has 0 unspecified atom stereocenters. The summed E-state index contributed by atoms with van der Waals surface area (Å²) in [5, 5.41) is 0. The van der Waals surface area contributed by atoms with Crippen molar-refractivity contribution in [3.63, 3.8) is 0 Å². The molecule has 1 aliphatic rings. The molecule has 0 spiro atoms. The van der Waals surface area contributed by atoms with Gasteiger partial charge < -0.3 is 4.74 Å². The van der Waals surface area contributed by atoms with Gasteiger partial charge in [0.2, 0.25) is 0 Å². The average molecular weight is 373 g/mol. The third-order valence-corrected chi connectivity index (χ3v) is 4.71. The number of nitrogens with zero attached hydrogens (tertiary/aromatic N) is 1. The zero-order valence-electron chi connectivity index (χ0n) is 11.1. The molecule has 1 heterocycles. The standard InChI is InChI=1S/C15H20INO2/c16-15(18)14-5-3-12(4-6-14)7-9-19-11-13-2-1-8-17-10-13/h1-2,8,10,12,14H,3-7,9,11H2. The van der Waals surface area contributed by atoms with Crippen molar-refractivity contribution in [2.45, 2.75) is 38.7 Å². The molecule has 0 atom stereocenters. The van der Waals surface area contributed by atoms with E-state index in [4.69, 9.17) is 4.74 Å². The van der Waals surface area contributed by atoms with Gasteiger partial charge in [-0.25, -0.2) is 0 Å². The van der Waals surface area contributed by atoms with Crippen LogP contribution in [0, 0.1) is 11.8 Å². The summed E-state index contributed by atoms with van der Waals surface area (Å²) in [6.45, 7) is 1.46. The maximum Gasteiger partial charge on any atom is 0.195 e. The van der Waals surface area contributed by atoms with Crippen molar-refractivity contribution in [2.75, 3.05) is 6.61 Å². The maximum absolute atomic E-state index is 11.3. The van der Waals surface area contributed by atoms with Crippen LogP contribution in [0.1, 0.15) is 37.7 Å². The van der Waals surface area contributed by atoms with Crippen molar-refractivity contribution < 1.29 is 9.53 Å². The number of carbonyl (C=O) groups is 1. The van der Waals surface area contributed by atoms with Gasteiger partial charge in [0.15, 0.2) is 3.79 Å². The van der Waals surface area contributed by atoms with E-state index in [-0.39, 0.29) is 0 Å². The normalized spacial score (nSPS) is 23.2. The van der Waals surface area contributed by atoms with E-state index in [9.17, 15) is 4.79 Å². The Morgan fingerprint density at radius 3 is 2.79 bits per heavy atom. The van der Waals surface area contributed by atoms with Gasteiger partial charge >= 0.3 is 0 Å². The van der Waals surface area contributed by atoms with Crippen molar-refractivity contribution in [3.8, 4) is 0 Å². The summed E-state index contributed by atoms with van der Waals surface area (Å²) >= 11 is 1.94. The van der Waals surface area contributed by atoms with Gasteiger partial charge in [0.1, 0.15) is 0 Å². The van der Waals surface area contributed by atoms with E-state index in [1.54, 1.807) is 6.20 Å². The molecule has 0 saturated heterocycles. The summed E-state index contributed by atoms with van der Waals surface area (Å²) in [6, 6.07) is 3.96. The molecule has 1 aromatic rings. The molecule has 0 amide bonds. The molecular weight excluding hydrogens is 353 g/mol. The van der Waals surface area contributed by atoms with Gasteiger partial charge in [0.05, 0.1) is 6.61 Å². The summed E-state index contributed by atoms with van der Waals surface area (Å²) in [5.74, 6) is 1.05. The number of hydrogen-bond donors (Lipinski definition) is 0. The Kier molecular flexibility index (Phi) is 6.23. The fourth-order valence-electron chi connectivity index (χ4n) is 2.60. The molecule has 1 aliphatic carbocycles. The van der Waals surface area contributed by atoms with Crippen molar-refractivity contribution in [2.24, 2.45) is 11.8 Å². The molecular formula is C15H20INO2. The van der Waals surface area contributed by atoms with Crippen molar-refractivity contribution in [3.05, 3.63) is 30.1 Å². The topological polar surface area (TPSA) is 39.2 Å². The van der Waals surface area contributed by atoms with E-state index < -0.39 is 0 Å². The largest absolute Gasteiger partial charge is 0.377 e. The van der Waals surface area contributed by atoms with Crippen LogP contribution >= 0.6 is 22.6 Å². The molecule has 1 saturated carbocycles. The summed E-state index contributed by atoms with van der Waals surface area (Å²) in [4.78, 5) is 15.3. The van der Waals surface area contributed by atoms with Crippen LogP contribution in [0.2, 0.25) is 0 Å². The van der Waals surface area contributed by atoms with E-state index in [1.807, 2.05) is 40.9 Å². The predicted molar refractivity (Wildman–Crippen MR) is 83.0 cm³/mol. The number of ether oxygens (including phenoxy) is 1. The highest BCUT2D eigenvalue weighted by Crippen LogP contribution is 2.32. The van der Waals surface area contributed by atoms with Crippen LogP contribution < -0.4 is 0 Å². The number of hydrogen-bond acceptors (Lipinski definition) is 3. The predicted octanol–water partition coefficient (Wildman–Crippen LogP) is 3.76. The van der Waals surface area contributed by atoms with Crippen LogP contribution in [0.25, 0.3) is 0 Å². The van der Waals surface area contributed by atoms with E-state index in [0.717, 1.165) is 37.4 Å². The number of carbonyl (C=O) groups excluding carboxylic acids is 1. The van der Waals surface area contributed by atoms with E-state index >= 15 is 0 Å². The lowest BCUT2D eigenvalue weighted by atomic mass is 9.81. The lowest BCUT2D eigenvalue weighted by Crippen LogP contribution is -2.19. The fraction of sp³-hybridized carbons (Fsp3) is 0.600. The molecule has 0 bridgehead atoms. The molecule has 19 heavy (non-hydrogen) atoms. The second kappa shape index (κ2) is 7.94. The molecule has 0 radical (unpaired) electrons. The van der Waals surface area contributed by atoms with Crippen molar-refractivity contribution in [1.29, 1.82) is 0 Å². The van der Waals surface area contributed by atoms with E-state index in [2.05, 4.69) is 4.98 Å². The minimum Gasteiger partial charge on any atom is -0.377 e. The quantitative estimate of drug-likeness (QED) is 0.433. The molecule has 2 rings (SSSR count). The minimum absolute atomic E-state index is 0.313. The second-order valence-electron chi connectivity index (χ2n) is 5.22. The average Bonchev–Trinajstić information content (AvgIpc) is 2.45. The van der Waals surface area contributed by atoms with Gasteiger partial charge in [-0.3, -0.25) is 9.78 Å². The Balaban J connectivity index is 1.58. The number of pyridine rings is 1. The molecule has 1 fully saturated rings. The Labute approximate surface area is 128 Å². The molecule has 104 valence electrons. The Morgan fingerprint density at radius 2 is 2.16 bits per heavy atom. The van der Waals surface area contributed by atoms with Crippen LogP contribution in [0.15, 0.2) is 24.5 Å². The molecule has 0 aromatic carbocycles. The lowest BCUT2D eigenvalue weighted by molar-refractivity contribution is -0.113. The van der Waals surface area contributed by atoms with Crippen LogP contribution in [0.4, 0.5) is 0 Å². The van der Waals surface area contributed by atoms with Crippen molar-refractivity contribution >= 4 is 26.4 Å². The summed E-state index contributed by atoms with van der Waals surface area (Å²) in [5.41, 5.74) is 1.13. The molecule has 4 heteroatoms. The first-order valence-electron chi connectivity index (χ1n) is 6.91. The Bertz CT molecular complexity index is 388. The first-order valence-corrected chi connectivity index (χ1v) is 7.99. The molecule has 0 N–H and O–H groups in total. The first-order chi connectivity index (χ1) is 9.25. The summed E-state index contributed by atoms with van der Waals surface area (Å²) in [7, 11) is 0. The third-order valence-electron chi connectivity index (χ3n) is 3.83. The maximum atomic E-state index is 11.3. The highest BCUT2D eigenvalue weighted by molar-refractivity contribution is 14.1. The van der Waals surface area contributed by atoms with E-state index in [1.165, 1.54) is 12.8 Å². The third kappa shape index (κ3) is 5.18. The van der Waals surface area contributed by atoms with Crippen LogP contribution in [0.5, 0.6) is 0 Å². The summed E-state index contributed by atoms with van der Waals surface area (Å²) in [6.07, 6.45) is 9.21.